The Labute approximate surface area is 172 Å². The molecule has 1 aromatic carbocycles. The van der Waals surface area contributed by atoms with E-state index in [-0.39, 0.29) is 18.1 Å². The molecule has 0 radical (unpaired) electrons. The fourth-order valence-corrected chi connectivity index (χ4v) is 4.65. The van der Waals surface area contributed by atoms with Crippen LogP contribution >= 0.6 is 22.9 Å². The maximum Gasteiger partial charge on any atom is 0.416 e. The second-order valence-corrected chi connectivity index (χ2v) is 8.89. The van der Waals surface area contributed by atoms with Crippen LogP contribution in [-0.2, 0) is 22.7 Å². The average Bonchev–Trinajstić information content (AvgIpc) is 3.17. The largest absolute Gasteiger partial charge is 0.416 e. The lowest BCUT2D eigenvalue weighted by molar-refractivity contribution is -0.137. The molecule has 0 fully saturated rings. The van der Waals surface area contributed by atoms with E-state index >= 15 is 0 Å². The SMILES string of the molecule is O=c1ccc(-c2cccs2)nn1CCNS(=O)(=O)c1cc(C(F)(F)F)ccc1Cl. The number of thiophene rings is 1. The Bertz CT molecular complexity index is 1180. The highest BCUT2D eigenvalue weighted by atomic mass is 35.5. The molecule has 29 heavy (non-hydrogen) atoms. The first-order chi connectivity index (χ1) is 13.6. The zero-order chi connectivity index (χ0) is 21.2. The van der Waals surface area contributed by atoms with Crippen molar-refractivity contribution < 1.29 is 21.6 Å². The van der Waals surface area contributed by atoms with Gasteiger partial charge in [0.05, 0.1) is 22.0 Å². The molecule has 3 rings (SSSR count). The van der Waals surface area contributed by atoms with Crippen molar-refractivity contribution in [3.05, 3.63) is 68.8 Å². The maximum atomic E-state index is 12.9. The van der Waals surface area contributed by atoms with Gasteiger partial charge in [0.1, 0.15) is 10.6 Å². The van der Waals surface area contributed by atoms with Gasteiger partial charge in [0.25, 0.3) is 5.56 Å². The summed E-state index contributed by atoms with van der Waals surface area (Å²) < 4.78 is 66.6. The van der Waals surface area contributed by atoms with Gasteiger partial charge < -0.3 is 0 Å². The van der Waals surface area contributed by atoms with Crippen molar-refractivity contribution >= 4 is 33.0 Å². The summed E-state index contributed by atoms with van der Waals surface area (Å²) in [6.45, 7) is -0.385. The predicted molar refractivity (Wildman–Crippen MR) is 103 cm³/mol. The van der Waals surface area contributed by atoms with E-state index in [1.807, 2.05) is 17.5 Å². The van der Waals surface area contributed by atoms with Gasteiger partial charge in [-0.05, 0) is 35.7 Å². The normalized spacial score (nSPS) is 12.3. The molecule has 2 aromatic heterocycles. The molecule has 2 heterocycles. The van der Waals surface area contributed by atoms with E-state index in [1.165, 1.54) is 17.4 Å². The van der Waals surface area contributed by atoms with Crippen molar-refractivity contribution in [3.8, 4) is 10.6 Å². The summed E-state index contributed by atoms with van der Waals surface area (Å²) in [6.07, 6.45) is -4.71. The Balaban J connectivity index is 1.77. The number of aromatic nitrogens is 2. The third-order valence-electron chi connectivity index (χ3n) is 3.80. The quantitative estimate of drug-likeness (QED) is 0.605. The monoisotopic (exact) mass is 463 g/mol. The fraction of sp³-hybridized carbons (Fsp3) is 0.176. The summed E-state index contributed by atoms with van der Waals surface area (Å²) in [5.41, 5.74) is -1.03. The highest BCUT2D eigenvalue weighted by Crippen LogP contribution is 2.33. The summed E-state index contributed by atoms with van der Waals surface area (Å²) in [6, 6.07) is 8.53. The standard InChI is InChI=1S/C17H13ClF3N3O3S2/c18-12-4-3-11(17(19,20)21)10-15(12)29(26,27)22-7-8-24-16(25)6-5-13(23-24)14-2-1-9-28-14/h1-6,9-10,22H,7-8H2. The number of hydrogen-bond acceptors (Lipinski definition) is 5. The van der Waals surface area contributed by atoms with Gasteiger partial charge in [0.2, 0.25) is 10.0 Å². The molecule has 0 aliphatic carbocycles. The maximum absolute atomic E-state index is 12.9. The highest BCUT2D eigenvalue weighted by Gasteiger charge is 2.32. The Morgan fingerprint density at radius 1 is 1.17 bits per heavy atom. The smallest absolute Gasteiger partial charge is 0.268 e. The number of nitrogens with zero attached hydrogens (tertiary/aromatic N) is 2. The lowest BCUT2D eigenvalue weighted by Crippen LogP contribution is -2.32. The summed E-state index contributed by atoms with van der Waals surface area (Å²) in [7, 11) is -4.33. The molecule has 0 bridgehead atoms. The molecule has 0 unspecified atom stereocenters. The molecule has 0 atom stereocenters. The van der Waals surface area contributed by atoms with Crippen LogP contribution in [0.25, 0.3) is 10.6 Å². The molecule has 12 heteroatoms. The first kappa shape index (κ1) is 21.5. The van der Waals surface area contributed by atoms with Gasteiger partial charge in [0.15, 0.2) is 0 Å². The van der Waals surface area contributed by atoms with Crippen LogP contribution in [0.15, 0.2) is 57.5 Å². The van der Waals surface area contributed by atoms with E-state index in [4.69, 9.17) is 11.6 Å². The number of alkyl halides is 3. The van der Waals surface area contributed by atoms with E-state index in [9.17, 15) is 26.4 Å². The summed E-state index contributed by atoms with van der Waals surface area (Å²) >= 11 is 7.20. The zero-order valence-corrected chi connectivity index (χ0v) is 16.9. The van der Waals surface area contributed by atoms with Crippen molar-refractivity contribution in [2.24, 2.45) is 0 Å². The molecule has 3 aromatic rings. The molecule has 0 saturated heterocycles. The highest BCUT2D eigenvalue weighted by molar-refractivity contribution is 7.89. The Kier molecular flexibility index (Phi) is 6.13. The van der Waals surface area contributed by atoms with Crippen LogP contribution in [-0.4, -0.2) is 24.7 Å². The van der Waals surface area contributed by atoms with Crippen LogP contribution in [0.5, 0.6) is 0 Å². The van der Waals surface area contributed by atoms with Crippen LogP contribution in [0.2, 0.25) is 5.02 Å². The van der Waals surface area contributed by atoms with Gasteiger partial charge >= 0.3 is 6.18 Å². The molecule has 6 nitrogen and oxygen atoms in total. The van der Waals surface area contributed by atoms with Gasteiger partial charge in [-0.3, -0.25) is 4.79 Å². The molecular formula is C17H13ClF3N3O3S2. The van der Waals surface area contributed by atoms with Gasteiger partial charge in [-0.25, -0.2) is 17.8 Å². The number of nitrogens with one attached hydrogen (secondary N) is 1. The van der Waals surface area contributed by atoms with E-state index < -0.39 is 32.2 Å². The van der Waals surface area contributed by atoms with Crippen molar-refractivity contribution in [1.29, 1.82) is 0 Å². The first-order valence-corrected chi connectivity index (χ1v) is 10.8. The van der Waals surface area contributed by atoms with E-state index in [0.29, 0.717) is 17.8 Å². The van der Waals surface area contributed by atoms with Crippen LogP contribution in [0.4, 0.5) is 13.2 Å². The molecule has 154 valence electrons. The van der Waals surface area contributed by atoms with Crippen molar-refractivity contribution in [2.75, 3.05) is 6.54 Å². The van der Waals surface area contributed by atoms with Crippen LogP contribution in [0.1, 0.15) is 5.56 Å². The molecule has 0 aliphatic heterocycles. The topological polar surface area (TPSA) is 81.1 Å². The summed E-state index contributed by atoms with van der Waals surface area (Å²) in [5, 5.41) is 5.68. The second kappa shape index (κ2) is 8.27. The van der Waals surface area contributed by atoms with Gasteiger partial charge in [-0.15, -0.1) is 11.3 Å². The molecule has 0 amide bonds. The minimum absolute atomic E-state index is 0.117. The number of hydrogen-bond donors (Lipinski definition) is 1. The number of sulfonamides is 1. The Hall–Kier alpha value is -2.21. The number of rotatable bonds is 6. The minimum Gasteiger partial charge on any atom is -0.268 e. The molecule has 0 aliphatic rings. The zero-order valence-electron chi connectivity index (χ0n) is 14.5. The number of benzene rings is 1. The average molecular weight is 464 g/mol. The summed E-state index contributed by atoms with van der Waals surface area (Å²) in [4.78, 5) is 12.1. The third-order valence-corrected chi connectivity index (χ3v) is 6.64. The molecule has 0 spiro atoms. The van der Waals surface area contributed by atoms with Crippen molar-refractivity contribution in [1.82, 2.24) is 14.5 Å². The van der Waals surface area contributed by atoms with Crippen LogP contribution < -0.4 is 10.3 Å². The predicted octanol–water partition coefficient (Wildman–Crippen LogP) is 3.62. The van der Waals surface area contributed by atoms with E-state index in [2.05, 4.69) is 9.82 Å². The Morgan fingerprint density at radius 3 is 2.59 bits per heavy atom. The second-order valence-electron chi connectivity index (χ2n) is 5.80. The Morgan fingerprint density at radius 2 is 1.93 bits per heavy atom. The summed E-state index contributed by atoms with van der Waals surface area (Å²) in [5.74, 6) is 0. The van der Waals surface area contributed by atoms with E-state index in [0.717, 1.165) is 15.6 Å². The third kappa shape index (κ3) is 5.04. The lowest BCUT2D eigenvalue weighted by Gasteiger charge is -2.12. The lowest BCUT2D eigenvalue weighted by atomic mass is 10.2. The molecular weight excluding hydrogens is 451 g/mol. The van der Waals surface area contributed by atoms with Crippen LogP contribution in [0, 0.1) is 0 Å². The van der Waals surface area contributed by atoms with Crippen molar-refractivity contribution in [3.63, 3.8) is 0 Å². The van der Waals surface area contributed by atoms with E-state index in [1.54, 1.807) is 6.07 Å². The van der Waals surface area contributed by atoms with Gasteiger partial charge in [0, 0.05) is 12.6 Å². The van der Waals surface area contributed by atoms with Crippen molar-refractivity contribution in [2.45, 2.75) is 17.6 Å². The number of halogens is 4. The molecule has 0 saturated carbocycles. The minimum atomic E-state index is -4.71. The van der Waals surface area contributed by atoms with Crippen LogP contribution in [0.3, 0.4) is 0 Å². The first-order valence-electron chi connectivity index (χ1n) is 8.06. The van der Waals surface area contributed by atoms with Gasteiger partial charge in [-0.1, -0.05) is 17.7 Å². The van der Waals surface area contributed by atoms with Gasteiger partial charge in [-0.2, -0.15) is 18.3 Å². The fourth-order valence-electron chi connectivity index (χ4n) is 2.41. The molecule has 1 N–H and O–H groups in total.